The molecule has 14 nitrogen and oxygen atoms in total. The molecule has 0 atom stereocenters. The maximum Gasteiger partial charge on any atom is 0.295 e. The molecule has 0 fully saturated rings. The van der Waals surface area contributed by atoms with Gasteiger partial charge in [-0.2, -0.15) is 45.7 Å². The van der Waals surface area contributed by atoms with Crippen LogP contribution in [0.5, 0.6) is 0 Å². The average molecular weight is 592 g/mol. The fraction of sp³-hybridized carbons (Fsp3) is 0. The molecule has 0 unspecified atom stereocenters. The molecule has 0 saturated carbocycles. The van der Waals surface area contributed by atoms with Gasteiger partial charge in [0.15, 0.2) is 0 Å². The molecule has 0 aliphatic carbocycles. The molecule has 39 heavy (non-hydrogen) atoms. The Morgan fingerprint density at radius 2 is 0.872 bits per heavy atom. The number of azo groups is 2. The standard InChI is InChI=1S/C22H17N5O9S3/c23-13-1-3-14(4-2-13)24-25-15-5-7-16(8-6-15)26-27-17-9-19-20(21(10-17)38(31,32)33)11-18(37(28,29)30)12-22(19)39(34,35)36/h1-12H,23H2,(H,28,29,30)(H,31,32,33)(H,34,35,36). The molecular formula is C22H17N5O9S3. The van der Waals surface area contributed by atoms with Crippen LogP contribution in [0.4, 0.5) is 28.4 Å². The monoisotopic (exact) mass is 591 g/mol. The van der Waals surface area contributed by atoms with E-state index in [0.717, 1.165) is 12.1 Å². The number of nitrogens with two attached hydrogens (primary N) is 1. The van der Waals surface area contributed by atoms with Crippen molar-refractivity contribution in [1.82, 2.24) is 0 Å². The summed E-state index contributed by atoms with van der Waals surface area (Å²) in [5, 5.41) is 14.8. The molecule has 4 rings (SSSR count). The van der Waals surface area contributed by atoms with Crippen LogP contribution >= 0.6 is 0 Å². The van der Waals surface area contributed by atoms with Crippen LogP contribution in [0.15, 0.2) is 108 Å². The smallest absolute Gasteiger partial charge is 0.295 e. The van der Waals surface area contributed by atoms with E-state index >= 15 is 0 Å². The zero-order valence-electron chi connectivity index (χ0n) is 19.3. The third kappa shape index (κ3) is 6.66. The van der Waals surface area contributed by atoms with Gasteiger partial charge in [0.1, 0.15) is 9.79 Å². The van der Waals surface area contributed by atoms with Crippen LogP contribution in [0.2, 0.25) is 0 Å². The van der Waals surface area contributed by atoms with Crippen LogP contribution in [0.25, 0.3) is 10.8 Å². The van der Waals surface area contributed by atoms with Gasteiger partial charge in [-0.05, 0) is 72.8 Å². The first kappa shape index (κ1) is 27.9. The Bertz CT molecular complexity index is 1970. The van der Waals surface area contributed by atoms with Crippen LogP contribution < -0.4 is 5.73 Å². The van der Waals surface area contributed by atoms with Gasteiger partial charge in [0.25, 0.3) is 30.4 Å². The number of anilines is 1. The van der Waals surface area contributed by atoms with Crippen molar-refractivity contribution in [3.8, 4) is 0 Å². The number of hydrogen-bond acceptors (Lipinski definition) is 11. The Labute approximate surface area is 221 Å². The first-order valence-corrected chi connectivity index (χ1v) is 14.8. The molecule has 0 radical (unpaired) electrons. The second-order valence-corrected chi connectivity index (χ2v) is 12.1. The van der Waals surface area contributed by atoms with Gasteiger partial charge in [-0.3, -0.25) is 13.7 Å². The Morgan fingerprint density at radius 1 is 0.487 bits per heavy atom. The Hall–Kier alpha value is -4.13. The molecule has 0 heterocycles. The maximum atomic E-state index is 12.0. The molecule has 4 aromatic carbocycles. The Morgan fingerprint density at radius 3 is 1.31 bits per heavy atom. The zero-order valence-corrected chi connectivity index (χ0v) is 21.8. The molecule has 0 aliphatic heterocycles. The Balaban J connectivity index is 1.75. The minimum absolute atomic E-state index is 0.270. The lowest BCUT2D eigenvalue weighted by Crippen LogP contribution is -2.07. The van der Waals surface area contributed by atoms with E-state index in [4.69, 9.17) is 5.73 Å². The molecule has 0 saturated heterocycles. The number of hydrogen-bond donors (Lipinski definition) is 4. The van der Waals surface area contributed by atoms with Crippen molar-refractivity contribution in [2.45, 2.75) is 14.7 Å². The summed E-state index contributed by atoms with van der Waals surface area (Å²) in [7, 11) is -15.3. The minimum atomic E-state index is -5.14. The molecular weight excluding hydrogens is 574 g/mol. The fourth-order valence-corrected chi connectivity index (χ4v) is 5.39. The minimum Gasteiger partial charge on any atom is -0.399 e. The highest BCUT2D eigenvalue weighted by Crippen LogP contribution is 2.36. The van der Waals surface area contributed by atoms with Crippen LogP contribution in [0.3, 0.4) is 0 Å². The topological polar surface area (TPSA) is 239 Å². The van der Waals surface area contributed by atoms with Gasteiger partial charge < -0.3 is 5.73 Å². The second kappa shape index (κ2) is 10.2. The molecule has 0 spiro atoms. The maximum absolute atomic E-state index is 12.0. The van der Waals surface area contributed by atoms with E-state index in [-0.39, 0.29) is 11.4 Å². The van der Waals surface area contributed by atoms with E-state index in [9.17, 15) is 38.9 Å². The molecule has 0 aromatic heterocycles. The zero-order chi connectivity index (χ0) is 28.6. The molecule has 0 aliphatic rings. The van der Waals surface area contributed by atoms with E-state index in [1.54, 1.807) is 36.4 Å². The second-order valence-electron chi connectivity index (χ2n) is 7.89. The van der Waals surface area contributed by atoms with Crippen molar-refractivity contribution >= 4 is 69.6 Å². The van der Waals surface area contributed by atoms with Gasteiger partial charge in [0.2, 0.25) is 0 Å². The summed E-state index contributed by atoms with van der Waals surface area (Å²) in [6, 6.07) is 15.7. The van der Waals surface area contributed by atoms with E-state index < -0.39 is 55.8 Å². The molecule has 0 bridgehead atoms. The van der Waals surface area contributed by atoms with Crippen LogP contribution in [-0.2, 0) is 30.4 Å². The highest BCUT2D eigenvalue weighted by atomic mass is 32.2. The van der Waals surface area contributed by atoms with Crippen molar-refractivity contribution in [2.24, 2.45) is 20.5 Å². The van der Waals surface area contributed by atoms with Crippen molar-refractivity contribution in [1.29, 1.82) is 0 Å². The third-order valence-corrected chi connectivity index (χ3v) is 7.73. The molecule has 0 amide bonds. The lowest BCUT2D eigenvalue weighted by Gasteiger charge is -2.11. The third-order valence-electron chi connectivity index (χ3n) is 5.11. The van der Waals surface area contributed by atoms with E-state index in [0.29, 0.717) is 29.2 Å². The highest BCUT2D eigenvalue weighted by molar-refractivity contribution is 7.87. The fourth-order valence-electron chi connectivity index (χ4n) is 3.35. The Kier molecular flexibility index (Phi) is 7.30. The summed E-state index contributed by atoms with van der Waals surface area (Å²) in [5.74, 6) is 0. The molecule has 17 heteroatoms. The molecule has 4 aromatic rings. The van der Waals surface area contributed by atoms with Crippen molar-refractivity contribution in [2.75, 3.05) is 5.73 Å². The van der Waals surface area contributed by atoms with Gasteiger partial charge in [0.05, 0.1) is 27.6 Å². The summed E-state index contributed by atoms with van der Waals surface area (Å²) in [5.41, 5.74) is 7.25. The lowest BCUT2D eigenvalue weighted by molar-refractivity contribution is 0.478. The van der Waals surface area contributed by atoms with E-state index in [1.165, 1.54) is 12.1 Å². The normalized spacial score (nSPS) is 13.0. The van der Waals surface area contributed by atoms with Crippen LogP contribution in [0, 0.1) is 0 Å². The van der Waals surface area contributed by atoms with Gasteiger partial charge in [-0.1, -0.05) is 0 Å². The number of nitrogens with zero attached hydrogens (tertiary/aromatic N) is 4. The van der Waals surface area contributed by atoms with E-state index in [2.05, 4.69) is 20.5 Å². The van der Waals surface area contributed by atoms with Crippen LogP contribution in [-0.4, -0.2) is 38.9 Å². The van der Waals surface area contributed by atoms with Gasteiger partial charge in [-0.15, -0.1) is 0 Å². The van der Waals surface area contributed by atoms with Gasteiger partial charge in [0, 0.05) is 16.5 Å². The average Bonchev–Trinajstić information content (AvgIpc) is 2.85. The highest BCUT2D eigenvalue weighted by Gasteiger charge is 2.25. The largest absolute Gasteiger partial charge is 0.399 e. The van der Waals surface area contributed by atoms with Crippen molar-refractivity contribution in [3.05, 3.63) is 72.8 Å². The number of rotatable bonds is 7. The summed E-state index contributed by atoms with van der Waals surface area (Å²) in [4.78, 5) is -3.02. The number of fused-ring (bicyclic) bond motifs is 1. The first-order chi connectivity index (χ1) is 18.1. The van der Waals surface area contributed by atoms with Crippen LogP contribution in [0.1, 0.15) is 0 Å². The molecule has 202 valence electrons. The quantitative estimate of drug-likeness (QED) is 0.127. The predicted octanol–water partition coefficient (Wildman–Crippen LogP) is 4.99. The number of nitrogen functional groups attached to an aromatic ring is 1. The van der Waals surface area contributed by atoms with Gasteiger partial charge in [-0.25, -0.2) is 0 Å². The summed E-state index contributed by atoms with van der Waals surface area (Å²) >= 11 is 0. The SMILES string of the molecule is Nc1ccc(N=Nc2ccc(N=Nc3cc(S(=O)(=O)O)c4cc(S(=O)(=O)O)cc(S(=O)(=O)O)c4c3)cc2)cc1. The first-order valence-electron chi connectivity index (χ1n) is 10.4. The van der Waals surface area contributed by atoms with Crippen molar-refractivity contribution < 1.29 is 38.9 Å². The predicted molar refractivity (Wildman–Crippen MR) is 139 cm³/mol. The van der Waals surface area contributed by atoms with Crippen molar-refractivity contribution in [3.63, 3.8) is 0 Å². The molecule has 5 N–H and O–H groups in total. The summed E-state index contributed by atoms with van der Waals surface area (Å²) < 4.78 is 99.9. The van der Waals surface area contributed by atoms with Gasteiger partial charge >= 0.3 is 0 Å². The van der Waals surface area contributed by atoms with E-state index in [1.807, 2.05) is 0 Å². The number of benzene rings is 4. The summed E-state index contributed by atoms with van der Waals surface area (Å²) in [6.07, 6.45) is 0. The summed E-state index contributed by atoms with van der Waals surface area (Å²) in [6.45, 7) is 0. The lowest BCUT2D eigenvalue weighted by atomic mass is 10.1.